The number of rotatable bonds is 5. The molecule has 0 saturated heterocycles. The molecule has 0 amide bonds. The number of hydrogen-bond acceptors (Lipinski definition) is 3. The molecule has 0 aliphatic heterocycles. The first-order valence-corrected chi connectivity index (χ1v) is 8.20. The predicted molar refractivity (Wildman–Crippen MR) is 54.1 cm³/mol. The van der Waals surface area contributed by atoms with E-state index in [9.17, 15) is 0 Å². The highest BCUT2D eigenvalue weighted by atomic mass is 28.3. The smallest absolute Gasteiger partial charge is 0.158 e. The van der Waals surface area contributed by atoms with Gasteiger partial charge < -0.3 is 4.74 Å². The highest BCUT2D eigenvalue weighted by Crippen LogP contribution is 2.07. The summed E-state index contributed by atoms with van der Waals surface area (Å²) in [5.74, 6) is 0. The van der Waals surface area contributed by atoms with E-state index in [2.05, 4.69) is 29.8 Å². The van der Waals surface area contributed by atoms with Crippen LogP contribution >= 0.6 is 0 Å². The zero-order chi connectivity index (χ0) is 9.73. The van der Waals surface area contributed by atoms with Crippen molar-refractivity contribution in [2.75, 3.05) is 6.61 Å². The lowest BCUT2D eigenvalue weighted by Gasteiger charge is -2.14. The van der Waals surface area contributed by atoms with Gasteiger partial charge in [0.25, 0.3) is 0 Å². The molecule has 1 heterocycles. The summed E-state index contributed by atoms with van der Waals surface area (Å²) in [6, 6.07) is 1.19. The molecule has 74 valence electrons. The lowest BCUT2D eigenvalue weighted by Crippen LogP contribution is -2.22. The van der Waals surface area contributed by atoms with Crippen LogP contribution in [-0.4, -0.2) is 29.7 Å². The number of hydrogen-bond donors (Lipinski definition) is 0. The van der Waals surface area contributed by atoms with Gasteiger partial charge in [0.2, 0.25) is 0 Å². The molecule has 1 aromatic rings. The van der Waals surface area contributed by atoms with Crippen LogP contribution in [-0.2, 0) is 11.5 Å². The van der Waals surface area contributed by atoms with E-state index in [1.165, 1.54) is 6.04 Å². The van der Waals surface area contributed by atoms with Gasteiger partial charge in [0.1, 0.15) is 0 Å². The van der Waals surface area contributed by atoms with E-state index in [1.54, 1.807) is 17.2 Å². The summed E-state index contributed by atoms with van der Waals surface area (Å²) in [6.07, 6.45) is 3.31. The third-order valence-corrected chi connectivity index (χ3v) is 3.37. The van der Waals surface area contributed by atoms with Gasteiger partial charge in [-0.2, -0.15) is 15.0 Å². The van der Waals surface area contributed by atoms with E-state index in [1.807, 2.05) is 0 Å². The summed E-state index contributed by atoms with van der Waals surface area (Å²) in [7, 11) is -0.954. The molecular weight excluding hydrogens is 182 g/mol. The van der Waals surface area contributed by atoms with Crippen molar-refractivity contribution in [3.8, 4) is 0 Å². The predicted octanol–water partition coefficient (Wildman–Crippen LogP) is 1.59. The molecule has 1 aromatic heterocycles. The molecule has 0 spiro atoms. The first-order valence-electron chi connectivity index (χ1n) is 4.50. The highest BCUT2D eigenvalue weighted by Gasteiger charge is 2.11. The van der Waals surface area contributed by atoms with Crippen LogP contribution in [0, 0.1) is 0 Å². The van der Waals surface area contributed by atoms with Crippen LogP contribution in [0.1, 0.15) is 0 Å². The summed E-state index contributed by atoms with van der Waals surface area (Å²) in [4.78, 5) is 1.55. The normalized spacial score (nSPS) is 11.9. The molecule has 13 heavy (non-hydrogen) atoms. The zero-order valence-corrected chi connectivity index (χ0v) is 9.53. The van der Waals surface area contributed by atoms with Crippen LogP contribution < -0.4 is 0 Å². The topological polar surface area (TPSA) is 39.9 Å². The van der Waals surface area contributed by atoms with E-state index >= 15 is 0 Å². The van der Waals surface area contributed by atoms with Gasteiger partial charge in [-0.1, -0.05) is 19.6 Å². The minimum Gasteiger partial charge on any atom is -0.358 e. The minimum absolute atomic E-state index is 0.470. The second kappa shape index (κ2) is 4.52. The zero-order valence-electron chi connectivity index (χ0n) is 8.53. The summed E-state index contributed by atoms with van der Waals surface area (Å²) < 4.78 is 5.43. The van der Waals surface area contributed by atoms with Crippen molar-refractivity contribution in [1.82, 2.24) is 15.0 Å². The molecule has 0 aliphatic rings. The quantitative estimate of drug-likeness (QED) is 0.534. The SMILES string of the molecule is C[Si](C)(C)CCOCn1nccn1. The Kier molecular flexibility index (Phi) is 3.62. The van der Waals surface area contributed by atoms with Gasteiger partial charge in [-0.3, -0.25) is 0 Å². The fraction of sp³-hybridized carbons (Fsp3) is 0.750. The van der Waals surface area contributed by atoms with Crippen LogP contribution in [0.4, 0.5) is 0 Å². The van der Waals surface area contributed by atoms with Crippen LogP contribution in [0.2, 0.25) is 25.7 Å². The molecule has 0 N–H and O–H groups in total. The molecule has 0 aliphatic carbocycles. The van der Waals surface area contributed by atoms with Gasteiger partial charge in [-0.25, -0.2) is 0 Å². The molecule has 0 bridgehead atoms. The van der Waals surface area contributed by atoms with Crippen molar-refractivity contribution in [2.24, 2.45) is 0 Å². The summed E-state index contributed by atoms with van der Waals surface area (Å²) in [6.45, 7) is 8.29. The van der Waals surface area contributed by atoms with E-state index in [-0.39, 0.29) is 0 Å². The van der Waals surface area contributed by atoms with Gasteiger partial charge in [0, 0.05) is 14.7 Å². The maximum absolute atomic E-state index is 5.43. The third-order valence-electron chi connectivity index (χ3n) is 1.67. The Morgan fingerprint density at radius 2 is 1.85 bits per heavy atom. The molecule has 0 unspecified atom stereocenters. The Balaban J connectivity index is 2.09. The van der Waals surface area contributed by atoms with E-state index in [4.69, 9.17) is 4.74 Å². The van der Waals surface area contributed by atoms with Crippen LogP contribution in [0.5, 0.6) is 0 Å². The summed E-state index contributed by atoms with van der Waals surface area (Å²) >= 11 is 0. The molecule has 1 rings (SSSR count). The molecule has 4 nitrogen and oxygen atoms in total. The monoisotopic (exact) mass is 199 g/mol. The fourth-order valence-corrected chi connectivity index (χ4v) is 1.59. The molecule has 0 fully saturated rings. The number of aromatic nitrogens is 3. The maximum Gasteiger partial charge on any atom is 0.158 e. The largest absolute Gasteiger partial charge is 0.358 e. The van der Waals surface area contributed by atoms with Crippen molar-refractivity contribution < 1.29 is 4.74 Å². The number of nitrogens with zero attached hydrogens (tertiary/aromatic N) is 3. The second-order valence-corrected chi connectivity index (χ2v) is 9.87. The first-order chi connectivity index (χ1) is 6.08. The Bertz CT molecular complexity index is 230. The number of ether oxygens (including phenoxy) is 1. The average molecular weight is 199 g/mol. The lowest BCUT2D eigenvalue weighted by atomic mass is 10.8. The highest BCUT2D eigenvalue weighted by molar-refractivity contribution is 6.76. The molecule has 0 atom stereocenters. The Morgan fingerprint density at radius 1 is 1.23 bits per heavy atom. The Morgan fingerprint density at radius 3 is 2.38 bits per heavy atom. The fourth-order valence-electron chi connectivity index (χ4n) is 0.835. The minimum atomic E-state index is -0.954. The van der Waals surface area contributed by atoms with E-state index in [0.717, 1.165) is 6.61 Å². The van der Waals surface area contributed by atoms with Gasteiger partial charge in [0.15, 0.2) is 6.73 Å². The average Bonchev–Trinajstić information content (AvgIpc) is 2.48. The van der Waals surface area contributed by atoms with Crippen molar-refractivity contribution in [3.05, 3.63) is 12.4 Å². The molecular formula is C8H17N3OSi. The third kappa shape index (κ3) is 4.79. The summed E-state index contributed by atoms with van der Waals surface area (Å²) in [5, 5.41) is 7.88. The molecule has 0 aromatic carbocycles. The molecule has 5 heteroatoms. The van der Waals surface area contributed by atoms with Crippen molar-refractivity contribution in [3.63, 3.8) is 0 Å². The van der Waals surface area contributed by atoms with Crippen molar-refractivity contribution in [2.45, 2.75) is 32.4 Å². The van der Waals surface area contributed by atoms with E-state index in [0.29, 0.717) is 6.73 Å². The van der Waals surface area contributed by atoms with Crippen LogP contribution in [0.15, 0.2) is 12.4 Å². The maximum atomic E-state index is 5.43. The summed E-state index contributed by atoms with van der Waals surface area (Å²) in [5.41, 5.74) is 0. The molecule has 0 saturated carbocycles. The van der Waals surface area contributed by atoms with Crippen LogP contribution in [0.25, 0.3) is 0 Å². The molecule has 0 radical (unpaired) electrons. The first kappa shape index (κ1) is 10.4. The Hall–Kier alpha value is -0.683. The standard InChI is InChI=1S/C8H17N3OSi/c1-13(2,3)7-6-12-8-11-9-4-5-10-11/h4-5H,6-8H2,1-3H3. The van der Waals surface area contributed by atoms with Crippen molar-refractivity contribution in [1.29, 1.82) is 0 Å². The second-order valence-electron chi connectivity index (χ2n) is 4.25. The van der Waals surface area contributed by atoms with Gasteiger partial charge in [0.05, 0.1) is 12.4 Å². The van der Waals surface area contributed by atoms with Gasteiger partial charge in [-0.05, 0) is 6.04 Å². The van der Waals surface area contributed by atoms with Gasteiger partial charge in [-0.15, -0.1) is 0 Å². The lowest BCUT2D eigenvalue weighted by molar-refractivity contribution is 0.0685. The van der Waals surface area contributed by atoms with Gasteiger partial charge >= 0.3 is 0 Å². The Labute approximate surface area is 79.9 Å². The van der Waals surface area contributed by atoms with Crippen molar-refractivity contribution >= 4 is 8.07 Å². The van der Waals surface area contributed by atoms with Crippen LogP contribution in [0.3, 0.4) is 0 Å². The van der Waals surface area contributed by atoms with E-state index < -0.39 is 8.07 Å².